The van der Waals surface area contributed by atoms with Crippen molar-refractivity contribution in [3.63, 3.8) is 0 Å². The molecule has 0 fully saturated rings. The molecule has 0 aliphatic rings. The van der Waals surface area contributed by atoms with Gasteiger partial charge in [-0.1, -0.05) is 24.3 Å². The van der Waals surface area contributed by atoms with Gasteiger partial charge in [-0.05, 0) is 28.8 Å². The average molecular weight is 298 g/mol. The Hall–Kier alpha value is -2.28. The first-order valence-electron chi connectivity index (χ1n) is 7.18. The number of anilines is 1. The molecule has 3 rings (SSSR count). The molecule has 2 aromatic carbocycles. The van der Waals surface area contributed by atoms with Crippen LogP contribution in [0.3, 0.4) is 0 Å². The summed E-state index contributed by atoms with van der Waals surface area (Å²) in [7, 11) is 0. The molecule has 1 aromatic heterocycles. The summed E-state index contributed by atoms with van der Waals surface area (Å²) in [6.45, 7) is 0.00872. The van der Waals surface area contributed by atoms with E-state index in [0.29, 0.717) is 24.4 Å². The number of nitrogen functional groups attached to an aromatic ring is 1. The number of nitrogens with zero attached hydrogens (tertiary/aromatic N) is 2. The molecule has 0 bridgehead atoms. The van der Waals surface area contributed by atoms with Gasteiger partial charge in [0.25, 0.3) is 0 Å². The molecule has 6 nitrogen and oxygen atoms in total. The van der Waals surface area contributed by atoms with Crippen molar-refractivity contribution in [1.82, 2.24) is 9.97 Å². The minimum atomic E-state index is -0.0300. The third kappa shape index (κ3) is 2.48. The number of nitrogens with two attached hydrogens (primary N) is 1. The Morgan fingerprint density at radius 2 is 1.82 bits per heavy atom. The Balaban J connectivity index is 2.36. The van der Waals surface area contributed by atoms with E-state index in [9.17, 15) is 10.2 Å². The lowest BCUT2D eigenvalue weighted by molar-refractivity contribution is 0.298. The third-order valence-corrected chi connectivity index (χ3v) is 3.71. The molecule has 0 atom stereocenters. The van der Waals surface area contributed by atoms with Gasteiger partial charge in [0.2, 0.25) is 0 Å². The molecule has 0 aliphatic heterocycles. The Kier molecular flexibility index (Phi) is 4.15. The number of hydrazine groups is 1. The second-order valence-electron chi connectivity index (χ2n) is 5.05. The highest BCUT2D eigenvalue weighted by Gasteiger charge is 2.13. The summed E-state index contributed by atoms with van der Waals surface area (Å²) in [5, 5.41) is 20.7. The van der Waals surface area contributed by atoms with Crippen LogP contribution in [0.4, 0.5) is 5.82 Å². The fourth-order valence-electron chi connectivity index (χ4n) is 2.74. The topological polar surface area (TPSA) is 104 Å². The van der Waals surface area contributed by atoms with E-state index in [1.165, 1.54) is 0 Å². The quantitative estimate of drug-likeness (QED) is 0.320. The number of benzene rings is 2. The molecular weight excluding hydrogens is 280 g/mol. The minimum Gasteiger partial charge on any atom is -0.396 e. The molecule has 0 radical (unpaired) electrons. The van der Waals surface area contributed by atoms with E-state index in [2.05, 4.69) is 15.4 Å². The summed E-state index contributed by atoms with van der Waals surface area (Å²) in [6.07, 6.45) is 0.869. The number of aromatic nitrogens is 2. The Labute approximate surface area is 127 Å². The standard InChI is InChI=1S/C16H18N4O2/c17-20-16-13(6-8-22)18-15-12(5-7-21)11-4-2-1-3-10(11)9-14(15)19-16/h1-4,9,21-22H,5-8,17H2,(H,19,20). The molecule has 6 heteroatoms. The zero-order valence-electron chi connectivity index (χ0n) is 12.1. The summed E-state index contributed by atoms with van der Waals surface area (Å²) >= 11 is 0. The molecule has 0 spiro atoms. The highest BCUT2D eigenvalue weighted by molar-refractivity contribution is 5.99. The van der Waals surface area contributed by atoms with Gasteiger partial charge in [0.1, 0.15) is 0 Å². The van der Waals surface area contributed by atoms with E-state index >= 15 is 0 Å². The van der Waals surface area contributed by atoms with Crippen molar-refractivity contribution in [3.05, 3.63) is 41.6 Å². The lowest BCUT2D eigenvalue weighted by Gasteiger charge is -2.13. The van der Waals surface area contributed by atoms with Gasteiger partial charge < -0.3 is 15.6 Å². The van der Waals surface area contributed by atoms with Crippen LogP contribution in [-0.2, 0) is 12.8 Å². The summed E-state index contributed by atoms with van der Waals surface area (Å²) in [4.78, 5) is 9.14. The maximum absolute atomic E-state index is 9.39. The van der Waals surface area contributed by atoms with Crippen LogP contribution in [0.2, 0.25) is 0 Å². The molecule has 22 heavy (non-hydrogen) atoms. The molecule has 3 aromatic rings. The van der Waals surface area contributed by atoms with Gasteiger partial charge in [-0.25, -0.2) is 15.8 Å². The maximum Gasteiger partial charge on any atom is 0.162 e. The highest BCUT2D eigenvalue weighted by atomic mass is 16.3. The molecule has 114 valence electrons. The minimum absolute atomic E-state index is 0.0300. The van der Waals surface area contributed by atoms with Crippen LogP contribution in [0, 0.1) is 0 Å². The number of nitrogens with one attached hydrogen (secondary N) is 1. The van der Waals surface area contributed by atoms with Crippen LogP contribution in [0.15, 0.2) is 30.3 Å². The number of rotatable bonds is 5. The second-order valence-corrected chi connectivity index (χ2v) is 5.05. The van der Waals surface area contributed by atoms with Crippen molar-refractivity contribution >= 4 is 27.6 Å². The number of hydrogen-bond acceptors (Lipinski definition) is 6. The van der Waals surface area contributed by atoms with Crippen LogP contribution in [0.1, 0.15) is 11.3 Å². The van der Waals surface area contributed by atoms with Crippen LogP contribution in [0.5, 0.6) is 0 Å². The molecule has 0 amide bonds. The number of aliphatic hydroxyl groups excluding tert-OH is 2. The Morgan fingerprint density at radius 1 is 1.05 bits per heavy atom. The van der Waals surface area contributed by atoms with E-state index in [4.69, 9.17) is 5.84 Å². The van der Waals surface area contributed by atoms with Gasteiger partial charge in [-0.15, -0.1) is 0 Å². The van der Waals surface area contributed by atoms with Crippen LogP contribution < -0.4 is 11.3 Å². The van der Waals surface area contributed by atoms with Crippen molar-refractivity contribution in [3.8, 4) is 0 Å². The van der Waals surface area contributed by atoms with Crippen molar-refractivity contribution in [1.29, 1.82) is 0 Å². The zero-order chi connectivity index (χ0) is 15.5. The van der Waals surface area contributed by atoms with Crippen molar-refractivity contribution in [2.75, 3.05) is 18.6 Å². The summed E-state index contributed by atoms with van der Waals surface area (Å²) in [5.74, 6) is 5.97. The van der Waals surface area contributed by atoms with E-state index in [0.717, 1.165) is 27.4 Å². The fraction of sp³-hybridized carbons (Fsp3) is 0.250. The van der Waals surface area contributed by atoms with Gasteiger partial charge in [0, 0.05) is 19.6 Å². The SMILES string of the molecule is NNc1nc2cc3ccccc3c(CCO)c2nc1CCO. The van der Waals surface area contributed by atoms with E-state index < -0.39 is 0 Å². The van der Waals surface area contributed by atoms with Crippen LogP contribution in [0.25, 0.3) is 21.8 Å². The first-order chi connectivity index (χ1) is 10.8. The van der Waals surface area contributed by atoms with Crippen LogP contribution in [-0.4, -0.2) is 33.4 Å². The first-order valence-corrected chi connectivity index (χ1v) is 7.18. The van der Waals surface area contributed by atoms with Crippen LogP contribution >= 0.6 is 0 Å². The molecule has 1 heterocycles. The van der Waals surface area contributed by atoms with Crippen molar-refractivity contribution < 1.29 is 10.2 Å². The Morgan fingerprint density at radius 3 is 2.55 bits per heavy atom. The normalized spacial score (nSPS) is 11.2. The van der Waals surface area contributed by atoms with Gasteiger partial charge in [0.15, 0.2) is 5.82 Å². The van der Waals surface area contributed by atoms with Gasteiger partial charge in [0.05, 0.1) is 16.7 Å². The molecule has 5 N–H and O–H groups in total. The van der Waals surface area contributed by atoms with Crippen molar-refractivity contribution in [2.45, 2.75) is 12.8 Å². The van der Waals surface area contributed by atoms with Gasteiger partial charge >= 0.3 is 0 Å². The molecule has 0 unspecified atom stereocenters. The van der Waals surface area contributed by atoms with Crippen molar-refractivity contribution in [2.24, 2.45) is 5.84 Å². The molecule has 0 saturated carbocycles. The van der Waals surface area contributed by atoms with Gasteiger partial charge in [-0.2, -0.15) is 0 Å². The smallest absolute Gasteiger partial charge is 0.162 e. The Bertz CT molecular complexity index is 820. The van der Waals surface area contributed by atoms with Gasteiger partial charge in [-0.3, -0.25) is 0 Å². The maximum atomic E-state index is 9.39. The predicted molar refractivity (Wildman–Crippen MR) is 86.4 cm³/mol. The predicted octanol–water partition coefficient (Wildman–Crippen LogP) is 1.14. The second kappa shape index (κ2) is 6.23. The summed E-state index contributed by atoms with van der Waals surface area (Å²) < 4.78 is 0. The lowest BCUT2D eigenvalue weighted by Crippen LogP contribution is -2.14. The largest absolute Gasteiger partial charge is 0.396 e. The summed E-state index contributed by atoms with van der Waals surface area (Å²) in [6, 6.07) is 9.92. The highest BCUT2D eigenvalue weighted by Crippen LogP contribution is 2.28. The van der Waals surface area contributed by atoms with E-state index in [-0.39, 0.29) is 13.2 Å². The third-order valence-electron chi connectivity index (χ3n) is 3.71. The van der Waals surface area contributed by atoms with E-state index in [1.807, 2.05) is 30.3 Å². The number of aliphatic hydroxyl groups is 2. The number of fused-ring (bicyclic) bond motifs is 2. The average Bonchev–Trinajstić information content (AvgIpc) is 2.55. The lowest BCUT2D eigenvalue weighted by atomic mass is 10.00. The number of hydrogen-bond donors (Lipinski definition) is 4. The molecule has 0 saturated heterocycles. The fourth-order valence-corrected chi connectivity index (χ4v) is 2.74. The van der Waals surface area contributed by atoms with E-state index in [1.54, 1.807) is 0 Å². The summed E-state index contributed by atoms with van der Waals surface area (Å²) in [5.41, 5.74) is 5.58. The first kappa shape index (κ1) is 14.6. The zero-order valence-corrected chi connectivity index (χ0v) is 12.1. The monoisotopic (exact) mass is 298 g/mol. The molecule has 0 aliphatic carbocycles. The molecular formula is C16H18N4O2.